The first-order chi connectivity index (χ1) is 13.2. The molecule has 0 bridgehead atoms. The molecule has 0 spiro atoms. The number of amides is 1. The Morgan fingerprint density at radius 2 is 1.89 bits per heavy atom. The Balaban J connectivity index is 1.58. The Morgan fingerprint density at radius 3 is 2.67 bits per heavy atom. The smallest absolute Gasteiger partial charge is 0.416 e. The van der Waals surface area contributed by atoms with E-state index in [1.807, 2.05) is 49.4 Å². The van der Waals surface area contributed by atoms with Gasteiger partial charge in [0.05, 0.1) is 6.04 Å². The zero-order valence-electron chi connectivity index (χ0n) is 14.8. The number of nitrogens with zero attached hydrogens (tertiary/aromatic N) is 4. The molecule has 3 aromatic rings. The highest BCUT2D eigenvalue weighted by Gasteiger charge is 2.36. The van der Waals surface area contributed by atoms with Gasteiger partial charge in [-0.15, -0.1) is 0 Å². The highest BCUT2D eigenvalue weighted by molar-refractivity contribution is 5.89. The van der Waals surface area contributed by atoms with Crippen LogP contribution < -0.4 is 10.2 Å². The number of nitrogens with one attached hydrogen (secondary N) is 1. The molecule has 0 aliphatic carbocycles. The third kappa shape index (κ3) is 3.57. The number of hydrogen-bond donors (Lipinski definition) is 1. The molecule has 2 aromatic heterocycles. The van der Waals surface area contributed by atoms with E-state index in [0.717, 1.165) is 11.1 Å². The Kier molecular flexibility index (Phi) is 4.65. The van der Waals surface area contributed by atoms with Gasteiger partial charge >= 0.3 is 6.09 Å². The highest BCUT2D eigenvalue weighted by atomic mass is 16.6. The molecular formula is C20H19N5O2. The molecule has 3 heterocycles. The van der Waals surface area contributed by atoms with Gasteiger partial charge in [-0.05, 0) is 36.2 Å². The number of pyridine rings is 1. The number of anilines is 2. The van der Waals surface area contributed by atoms with Crippen LogP contribution in [0.3, 0.4) is 0 Å². The van der Waals surface area contributed by atoms with Gasteiger partial charge in [0.2, 0.25) is 5.95 Å². The summed E-state index contributed by atoms with van der Waals surface area (Å²) in [5.74, 6) is 0.953. The number of carbonyl (C=O) groups is 1. The van der Waals surface area contributed by atoms with Gasteiger partial charge < -0.3 is 10.1 Å². The normalized spacial score (nSPS) is 17.4. The molecule has 0 saturated carbocycles. The fraction of sp³-hybridized carbons (Fsp3) is 0.200. The van der Waals surface area contributed by atoms with E-state index in [9.17, 15) is 4.79 Å². The van der Waals surface area contributed by atoms with Gasteiger partial charge in [0.1, 0.15) is 18.5 Å². The van der Waals surface area contributed by atoms with Crippen LogP contribution in [0.4, 0.5) is 16.6 Å². The number of carbonyl (C=O) groups excluding carboxylic acids is 1. The van der Waals surface area contributed by atoms with E-state index >= 15 is 0 Å². The molecule has 1 saturated heterocycles. The first kappa shape index (κ1) is 17.0. The van der Waals surface area contributed by atoms with Crippen LogP contribution in [-0.2, 0) is 4.74 Å². The summed E-state index contributed by atoms with van der Waals surface area (Å²) in [5.41, 5.74) is 2.07. The van der Waals surface area contributed by atoms with Crippen molar-refractivity contribution >= 4 is 17.9 Å². The van der Waals surface area contributed by atoms with Crippen molar-refractivity contribution < 1.29 is 9.53 Å². The molecule has 4 rings (SSSR count). The van der Waals surface area contributed by atoms with Crippen molar-refractivity contribution in [3.8, 4) is 0 Å². The second-order valence-corrected chi connectivity index (χ2v) is 6.26. The molecule has 1 aliphatic heterocycles. The molecule has 7 heteroatoms. The fourth-order valence-corrected chi connectivity index (χ4v) is 3.08. The number of ether oxygens (including phenoxy) is 1. The minimum atomic E-state index is -0.419. The number of cyclic esters (lactones) is 1. The summed E-state index contributed by atoms with van der Waals surface area (Å²) in [4.78, 5) is 26.7. The van der Waals surface area contributed by atoms with E-state index in [4.69, 9.17) is 4.74 Å². The lowest BCUT2D eigenvalue weighted by Crippen LogP contribution is -2.28. The Labute approximate surface area is 157 Å². The van der Waals surface area contributed by atoms with Crippen LogP contribution >= 0.6 is 0 Å². The lowest BCUT2D eigenvalue weighted by molar-refractivity contribution is 0.179. The van der Waals surface area contributed by atoms with Crippen LogP contribution in [-0.4, -0.2) is 27.7 Å². The topological polar surface area (TPSA) is 80.2 Å². The molecule has 2 atom stereocenters. The van der Waals surface area contributed by atoms with E-state index in [0.29, 0.717) is 11.8 Å². The van der Waals surface area contributed by atoms with Crippen molar-refractivity contribution in [2.24, 2.45) is 0 Å². The van der Waals surface area contributed by atoms with Crippen molar-refractivity contribution in [2.75, 3.05) is 16.8 Å². The summed E-state index contributed by atoms with van der Waals surface area (Å²) in [5, 5.41) is 3.28. The highest BCUT2D eigenvalue weighted by Crippen LogP contribution is 2.32. The van der Waals surface area contributed by atoms with Crippen LogP contribution in [0.15, 0.2) is 67.1 Å². The van der Waals surface area contributed by atoms with Crippen molar-refractivity contribution in [1.82, 2.24) is 15.0 Å². The molecule has 1 aromatic carbocycles. The maximum absolute atomic E-state index is 12.3. The number of rotatable bonds is 5. The Hall–Kier alpha value is -3.48. The first-order valence-electron chi connectivity index (χ1n) is 8.73. The molecule has 7 nitrogen and oxygen atoms in total. The van der Waals surface area contributed by atoms with Crippen LogP contribution in [0, 0.1) is 0 Å². The van der Waals surface area contributed by atoms with Gasteiger partial charge in [0.25, 0.3) is 0 Å². The number of aromatic nitrogens is 3. The van der Waals surface area contributed by atoms with Crippen molar-refractivity contribution in [3.63, 3.8) is 0 Å². The van der Waals surface area contributed by atoms with Gasteiger partial charge in [-0.3, -0.25) is 9.88 Å². The van der Waals surface area contributed by atoms with Crippen molar-refractivity contribution in [1.29, 1.82) is 0 Å². The number of benzene rings is 1. The van der Waals surface area contributed by atoms with Gasteiger partial charge in [-0.1, -0.05) is 30.3 Å². The predicted molar refractivity (Wildman–Crippen MR) is 101 cm³/mol. The van der Waals surface area contributed by atoms with Crippen LogP contribution in [0.2, 0.25) is 0 Å². The zero-order valence-corrected chi connectivity index (χ0v) is 14.8. The quantitative estimate of drug-likeness (QED) is 0.746. The lowest BCUT2D eigenvalue weighted by Gasteiger charge is -2.21. The lowest BCUT2D eigenvalue weighted by atomic mass is 10.1. The SMILES string of the molecule is CC(Nc1nccc(N2C(=O)OCC2c2ccncc2)n1)c1ccccc1. The third-order valence-electron chi connectivity index (χ3n) is 4.50. The molecule has 136 valence electrons. The summed E-state index contributed by atoms with van der Waals surface area (Å²) >= 11 is 0. The van der Waals surface area contributed by atoms with E-state index in [2.05, 4.69) is 20.3 Å². The summed E-state index contributed by atoms with van der Waals surface area (Å²) < 4.78 is 5.26. The monoisotopic (exact) mass is 361 g/mol. The minimum Gasteiger partial charge on any atom is -0.447 e. The molecule has 2 unspecified atom stereocenters. The van der Waals surface area contributed by atoms with Gasteiger partial charge in [-0.25, -0.2) is 9.78 Å². The summed E-state index contributed by atoms with van der Waals surface area (Å²) in [6.07, 6.45) is 4.62. The second kappa shape index (κ2) is 7.41. The molecule has 1 fully saturated rings. The van der Waals surface area contributed by atoms with Gasteiger partial charge in [0.15, 0.2) is 0 Å². The molecule has 27 heavy (non-hydrogen) atoms. The summed E-state index contributed by atoms with van der Waals surface area (Å²) in [7, 11) is 0. The van der Waals surface area contributed by atoms with Crippen molar-refractivity contribution in [2.45, 2.75) is 19.0 Å². The maximum Gasteiger partial charge on any atom is 0.416 e. The van der Waals surface area contributed by atoms with E-state index in [-0.39, 0.29) is 18.7 Å². The van der Waals surface area contributed by atoms with Gasteiger partial charge in [0, 0.05) is 18.6 Å². The third-order valence-corrected chi connectivity index (χ3v) is 4.50. The van der Waals surface area contributed by atoms with Crippen LogP contribution in [0.25, 0.3) is 0 Å². The van der Waals surface area contributed by atoms with E-state index in [1.54, 1.807) is 29.6 Å². The maximum atomic E-state index is 12.3. The fourth-order valence-electron chi connectivity index (χ4n) is 3.08. The van der Waals surface area contributed by atoms with Crippen molar-refractivity contribution in [3.05, 3.63) is 78.2 Å². The van der Waals surface area contributed by atoms with Gasteiger partial charge in [-0.2, -0.15) is 4.98 Å². The average molecular weight is 361 g/mol. The minimum absolute atomic E-state index is 0.0305. The Bertz CT molecular complexity index is 920. The second-order valence-electron chi connectivity index (χ2n) is 6.26. The Morgan fingerprint density at radius 1 is 1.11 bits per heavy atom. The largest absolute Gasteiger partial charge is 0.447 e. The average Bonchev–Trinajstić information content (AvgIpc) is 3.11. The van der Waals surface area contributed by atoms with E-state index < -0.39 is 6.09 Å². The standard InChI is InChI=1S/C20H19N5O2/c1-14(15-5-3-2-4-6-15)23-19-22-12-9-18(24-19)25-17(13-27-20(25)26)16-7-10-21-11-8-16/h2-12,14,17H,13H2,1H3,(H,22,23,24). The van der Waals surface area contributed by atoms with E-state index in [1.165, 1.54) is 0 Å². The molecule has 1 aliphatic rings. The molecule has 1 N–H and O–H groups in total. The molecule has 0 radical (unpaired) electrons. The predicted octanol–water partition coefficient (Wildman–Crippen LogP) is 3.74. The molecular weight excluding hydrogens is 342 g/mol. The number of hydrogen-bond acceptors (Lipinski definition) is 6. The van der Waals surface area contributed by atoms with Crippen LogP contribution in [0.1, 0.15) is 30.1 Å². The first-order valence-corrected chi connectivity index (χ1v) is 8.73. The zero-order chi connectivity index (χ0) is 18.6. The summed E-state index contributed by atoms with van der Waals surface area (Å²) in [6.45, 7) is 2.31. The van der Waals surface area contributed by atoms with Crippen LogP contribution in [0.5, 0.6) is 0 Å². The molecule has 1 amide bonds. The summed E-state index contributed by atoms with van der Waals surface area (Å²) in [6, 6.07) is 15.3.